The second kappa shape index (κ2) is 9.17. The number of morpholine rings is 1. The molecule has 3 rings (SSSR count). The Morgan fingerprint density at radius 3 is 2.76 bits per heavy atom. The molecule has 6 heteroatoms. The van der Waals surface area contributed by atoms with Crippen LogP contribution in [-0.2, 0) is 9.53 Å². The van der Waals surface area contributed by atoms with E-state index >= 15 is 0 Å². The molecule has 1 aromatic rings. The molecule has 2 N–H and O–H groups in total. The third-order valence-electron chi connectivity index (χ3n) is 5.02. The summed E-state index contributed by atoms with van der Waals surface area (Å²) in [4.78, 5) is 14.5. The Bertz CT molecular complexity index is 533. The molecule has 0 radical (unpaired) electrons. The Hall–Kier alpha value is -1.63. The van der Waals surface area contributed by atoms with E-state index in [1.54, 1.807) is 0 Å². The van der Waals surface area contributed by atoms with E-state index in [9.17, 15) is 9.90 Å². The molecule has 1 saturated carbocycles. The average molecular weight is 348 g/mol. The van der Waals surface area contributed by atoms with E-state index in [2.05, 4.69) is 10.2 Å². The zero-order chi connectivity index (χ0) is 17.5. The molecule has 25 heavy (non-hydrogen) atoms. The number of carbonyl (C=O) groups is 1. The standard InChI is InChI=1S/C19H28N2O4/c22-18(9-12-25-15-5-2-1-3-6-15)20-16-7-4-8-17(19(16)23)21-10-13-24-14-11-21/h1-3,5-6,16-17,19,23H,4,7-14H2,(H,20,22)/t16-,17-,19-/m1/s1. The summed E-state index contributed by atoms with van der Waals surface area (Å²) in [6.07, 6.45) is 2.59. The number of aliphatic hydroxyl groups is 1. The first-order valence-corrected chi connectivity index (χ1v) is 9.21. The Morgan fingerprint density at radius 1 is 1.24 bits per heavy atom. The molecule has 0 aromatic heterocycles. The lowest BCUT2D eigenvalue weighted by Crippen LogP contribution is -2.58. The van der Waals surface area contributed by atoms with Crippen molar-refractivity contribution in [3.63, 3.8) is 0 Å². The second-order valence-electron chi connectivity index (χ2n) is 6.72. The van der Waals surface area contributed by atoms with E-state index in [-0.39, 0.29) is 18.0 Å². The van der Waals surface area contributed by atoms with Crippen molar-refractivity contribution < 1.29 is 19.4 Å². The number of benzene rings is 1. The molecule has 2 aliphatic rings. The maximum absolute atomic E-state index is 12.2. The van der Waals surface area contributed by atoms with E-state index in [1.165, 1.54) is 0 Å². The molecule has 1 saturated heterocycles. The third kappa shape index (κ3) is 5.17. The van der Waals surface area contributed by atoms with Gasteiger partial charge in [0, 0.05) is 19.1 Å². The summed E-state index contributed by atoms with van der Waals surface area (Å²) in [6, 6.07) is 9.41. The van der Waals surface area contributed by atoms with E-state index < -0.39 is 6.10 Å². The van der Waals surface area contributed by atoms with Gasteiger partial charge in [-0.1, -0.05) is 18.2 Å². The van der Waals surface area contributed by atoms with Gasteiger partial charge in [0.2, 0.25) is 5.91 Å². The first-order chi connectivity index (χ1) is 12.2. The third-order valence-corrected chi connectivity index (χ3v) is 5.02. The van der Waals surface area contributed by atoms with Gasteiger partial charge in [-0.05, 0) is 31.4 Å². The predicted molar refractivity (Wildman–Crippen MR) is 94.5 cm³/mol. The molecular formula is C19H28N2O4. The molecule has 138 valence electrons. The highest BCUT2D eigenvalue weighted by molar-refractivity contribution is 5.76. The number of nitrogens with one attached hydrogen (secondary N) is 1. The summed E-state index contributed by atoms with van der Waals surface area (Å²) in [5, 5.41) is 13.7. The van der Waals surface area contributed by atoms with Gasteiger partial charge < -0.3 is 19.9 Å². The largest absolute Gasteiger partial charge is 0.493 e. The summed E-state index contributed by atoms with van der Waals surface area (Å²) >= 11 is 0. The summed E-state index contributed by atoms with van der Waals surface area (Å²) in [5.41, 5.74) is 0. The quantitative estimate of drug-likeness (QED) is 0.808. The van der Waals surface area contributed by atoms with E-state index in [4.69, 9.17) is 9.47 Å². The topological polar surface area (TPSA) is 71.0 Å². The van der Waals surface area contributed by atoms with Crippen LogP contribution in [0.1, 0.15) is 25.7 Å². The van der Waals surface area contributed by atoms with Gasteiger partial charge in [0.25, 0.3) is 0 Å². The Kier molecular flexibility index (Phi) is 6.67. The van der Waals surface area contributed by atoms with Crippen molar-refractivity contribution >= 4 is 5.91 Å². The van der Waals surface area contributed by atoms with Gasteiger partial charge in [0.15, 0.2) is 0 Å². The second-order valence-corrected chi connectivity index (χ2v) is 6.72. The number of amides is 1. The predicted octanol–water partition coefficient (Wildman–Crippen LogP) is 1.19. The molecule has 1 amide bonds. The average Bonchev–Trinajstić information content (AvgIpc) is 2.65. The highest BCUT2D eigenvalue weighted by Crippen LogP contribution is 2.24. The van der Waals surface area contributed by atoms with Gasteiger partial charge in [-0.2, -0.15) is 0 Å². The van der Waals surface area contributed by atoms with Gasteiger partial charge in [-0.3, -0.25) is 9.69 Å². The highest BCUT2D eigenvalue weighted by Gasteiger charge is 2.36. The number of hydrogen-bond acceptors (Lipinski definition) is 5. The van der Waals surface area contributed by atoms with Crippen LogP contribution in [0.3, 0.4) is 0 Å². The zero-order valence-electron chi connectivity index (χ0n) is 14.6. The van der Waals surface area contributed by atoms with Crippen LogP contribution in [0.25, 0.3) is 0 Å². The summed E-state index contributed by atoms with van der Waals surface area (Å²) in [6.45, 7) is 3.49. The monoisotopic (exact) mass is 348 g/mol. The van der Waals surface area contributed by atoms with Gasteiger partial charge in [-0.15, -0.1) is 0 Å². The first-order valence-electron chi connectivity index (χ1n) is 9.21. The van der Waals surface area contributed by atoms with Crippen molar-refractivity contribution in [1.29, 1.82) is 0 Å². The summed E-state index contributed by atoms with van der Waals surface area (Å²) < 4.78 is 11.0. The van der Waals surface area contributed by atoms with E-state index in [1.807, 2.05) is 30.3 Å². The number of ether oxygens (including phenoxy) is 2. The minimum absolute atomic E-state index is 0.0670. The van der Waals surface area contributed by atoms with Gasteiger partial charge in [0.05, 0.1) is 38.4 Å². The Balaban J connectivity index is 1.43. The molecule has 2 fully saturated rings. The number of rotatable bonds is 6. The normalized spacial score (nSPS) is 27.6. The molecule has 1 heterocycles. The van der Waals surface area contributed by atoms with Crippen molar-refractivity contribution in [2.24, 2.45) is 0 Å². The van der Waals surface area contributed by atoms with Gasteiger partial charge >= 0.3 is 0 Å². The lowest BCUT2D eigenvalue weighted by Gasteiger charge is -2.43. The van der Waals surface area contributed by atoms with Crippen molar-refractivity contribution in [2.45, 2.75) is 43.9 Å². The van der Waals surface area contributed by atoms with Crippen LogP contribution in [0.15, 0.2) is 30.3 Å². The van der Waals surface area contributed by atoms with Crippen LogP contribution in [0.2, 0.25) is 0 Å². The van der Waals surface area contributed by atoms with E-state index in [0.717, 1.165) is 51.3 Å². The minimum atomic E-state index is -0.522. The van der Waals surface area contributed by atoms with Gasteiger partial charge in [0.1, 0.15) is 5.75 Å². The maximum atomic E-state index is 12.2. The Morgan fingerprint density at radius 2 is 2.00 bits per heavy atom. The highest BCUT2D eigenvalue weighted by atomic mass is 16.5. The van der Waals surface area contributed by atoms with Crippen molar-refractivity contribution in [3.8, 4) is 5.75 Å². The van der Waals surface area contributed by atoms with E-state index in [0.29, 0.717) is 13.0 Å². The fourth-order valence-electron chi connectivity index (χ4n) is 3.68. The van der Waals surface area contributed by atoms with Crippen LogP contribution in [0, 0.1) is 0 Å². The lowest BCUT2D eigenvalue weighted by atomic mass is 9.86. The Labute approximate surface area is 149 Å². The van der Waals surface area contributed by atoms with Crippen molar-refractivity contribution in [3.05, 3.63) is 30.3 Å². The smallest absolute Gasteiger partial charge is 0.223 e. The molecule has 1 aliphatic heterocycles. The zero-order valence-corrected chi connectivity index (χ0v) is 14.6. The molecule has 1 aliphatic carbocycles. The minimum Gasteiger partial charge on any atom is -0.493 e. The molecular weight excluding hydrogens is 320 g/mol. The molecule has 1 aromatic carbocycles. The first kappa shape index (κ1) is 18.2. The number of nitrogens with zero attached hydrogens (tertiary/aromatic N) is 1. The lowest BCUT2D eigenvalue weighted by molar-refractivity contribution is -0.124. The van der Waals surface area contributed by atoms with Crippen molar-refractivity contribution in [2.75, 3.05) is 32.9 Å². The SMILES string of the molecule is O=C(CCOc1ccccc1)N[C@@H]1CCC[C@@H](N2CCOCC2)[C@@H]1O. The molecule has 0 spiro atoms. The number of aliphatic hydroxyl groups excluding tert-OH is 1. The van der Waals surface area contributed by atoms with Crippen LogP contribution in [0.4, 0.5) is 0 Å². The van der Waals surface area contributed by atoms with Crippen LogP contribution in [0.5, 0.6) is 5.75 Å². The molecule has 0 unspecified atom stereocenters. The maximum Gasteiger partial charge on any atom is 0.223 e. The fraction of sp³-hybridized carbons (Fsp3) is 0.632. The summed E-state index contributed by atoms with van der Waals surface area (Å²) in [7, 11) is 0. The van der Waals surface area contributed by atoms with Crippen LogP contribution >= 0.6 is 0 Å². The molecule has 3 atom stereocenters. The fourth-order valence-corrected chi connectivity index (χ4v) is 3.68. The van der Waals surface area contributed by atoms with Crippen molar-refractivity contribution in [1.82, 2.24) is 10.2 Å². The van der Waals surface area contributed by atoms with Gasteiger partial charge in [-0.25, -0.2) is 0 Å². The molecule has 6 nitrogen and oxygen atoms in total. The number of para-hydroxylation sites is 1. The molecule has 0 bridgehead atoms. The van der Waals surface area contributed by atoms with Crippen LogP contribution < -0.4 is 10.1 Å². The summed E-state index contributed by atoms with van der Waals surface area (Å²) in [5.74, 6) is 0.697. The van der Waals surface area contributed by atoms with Crippen LogP contribution in [-0.4, -0.2) is 67.0 Å². The number of carbonyl (C=O) groups excluding carboxylic acids is 1. The number of hydrogen-bond donors (Lipinski definition) is 2.